The molecule has 1 aromatic carbocycles. The molecule has 1 heterocycles. The van der Waals surface area contributed by atoms with Crippen LogP contribution in [-0.2, 0) is 17.3 Å². The van der Waals surface area contributed by atoms with Crippen molar-refractivity contribution in [1.82, 2.24) is 9.55 Å². The highest BCUT2D eigenvalue weighted by molar-refractivity contribution is 7.84. The lowest BCUT2D eigenvalue weighted by molar-refractivity contribution is 0.343. The fourth-order valence-corrected chi connectivity index (χ4v) is 3.08. The van der Waals surface area contributed by atoms with Gasteiger partial charge in [0.1, 0.15) is 17.1 Å². The molecule has 0 spiro atoms. The average Bonchev–Trinajstić information content (AvgIpc) is 2.79. The highest BCUT2D eigenvalue weighted by Gasteiger charge is 2.17. The number of nitrogens with zero attached hydrogens (tertiary/aromatic N) is 2. The molecule has 0 saturated carbocycles. The van der Waals surface area contributed by atoms with Crippen LogP contribution in [0.5, 0.6) is 5.75 Å². The Morgan fingerprint density at radius 2 is 2.24 bits per heavy atom. The van der Waals surface area contributed by atoms with E-state index < -0.39 is 10.8 Å². The number of fused-ring (bicyclic) bond motifs is 1. The Labute approximate surface area is 132 Å². The number of halogens is 1. The van der Waals surface area contributed by atoms with E-state index in [9.17, 15) is 4.21 Å². The van der Waals surface area contributed by atoms with Gasteiger partial charge in [0.05, 0.1) is 17.5 Å². The SMILES string of the molecule is CCOc1cccc2c1nc(C(C)Cl)n2CCCS(C)=O. The molecule has 116 valence electrons. The molecule has 0 amide bonds. The number of aromatic nitrogens is 2. The summed E-state index contributed by atoms with van der Waals surface area (Å²) in [5.74, 6) is 2.30. The lowest BCUT2D eigenvalue weighted by atomic mass is 10.3. The number of para-hydroxylation sites is 1. The molecule has 0 radical (unpaired) electrons. The zero-order valence-electron chi connectivity index (χ0n) is 12.6. The van der Waals surface area contributed by atoms with E-state index >= 15 is 0 Å². The Bertz CT molecular complexity index is 640. The number of aryl methyl sites for hydroxylation is 1. The van der Waals surface area contributed by atoms with Crippen LogP contribution in [0.1, 0.15) is 31.5 Å². The van der Waals surface area contributed by atoms with E-state index in [1.54, 1.807) is 6.26 Å². The molecule has 6 heteroatoms. The van der Waals surface area contributed by atoms with Crippen molar-refractivity contribution in [3.8, 4) is 5.75 Å². The summed E-state index contributed by atoms with van der Waals surface area (Å²) in [6.45, 7) is 5.24. The van der Waals surface area contributed by atoms with E-state index in [0.717, 1.165) is 35.6 Å². The Morgan fingerprint density at radius 1 is 1.48 bits per heavy atom. The van der Waals surface area contributed by atoms with E-state index in [0.29, 0.717) is 12.4 Å². The van der Waals surface area contributed by atoms with Crippen LogP contribution < -0.4 is 4.74 Å². The van der Waals surface area contributed by atoms with Gasteiger partial charge < -0.3 is 9.30 Å². The van der Waals surface area contributed by atoms with E-state index in [1.807, 2.05) is 32.0 Å². The molecule has 0 saturated heterocycles. The fourth-order valence-electron chi connectivity index (χ4n) is 2.38. The second kappa shape index (κ2) is 7.27. The summed E-state index contributed by atoms with van der Waals surface area (Å²) >= 11 is 6.27. The Morgan fingerprint density at radius 3 is 2.86 bits per heavy atom. The molecule has 2 atom stereocenters. The van der Waals surface area contributed by atoms with Gasteiger partial charge in [0.2, 0.25) is 0 Å². The van der Waals surface area contributed by atoms with Gasteiger partial charge in [-0.3, -0.25) is 4.21 Å². The Balaban J connectivity index is 2.42. The lowest BCUT2D eigenvalue weighted by Crippen LogP contribution is -2.07. The van der Waals surface area contributed by atoms with Gasteiger partial charge in [-0.25, -0.2) is 4.98 Å². The van der Waals surface area contributed by atoms with E-state index in [4.69, 9.17) is 16.3 Å². The van der Waals surface area contributed by atoms with Gasteiger partial charge in [0.15, 0.2) is 0 Å². The van der Waals surface area contributed by atoms with Gasteiger partial charge >= 0.3 is 0 Å². The van der Waals surface area contributed by atoms with Crippen LogP contribution in [0.25, 0.3) is 11.0 Å². The van der Waals surface area contributed by atoms with Crippen LogP contribution in [0.4, 0.5) is 0 Å². The summed E-state index contributed by atoms with van der Waals surface area (Å²) in [7, 11) is -0.777. The summed E-state index contributed by atoms with van der Waals surface area (Å²) in [5, 5.41) is -0.181. The molecule has 0 aliphatic heterocycles. The molecule has 0 aliphatic carbocycles. The molecule has 0 aliphatic rings. The van der Waals surface area contributed by atoms with E-state index in [2.05, 4.69) is 9.55 Å². The molecule has 0 bridgehead atoms. The molecular formula is C15H21ClN2O2S. The molecule has 2 rings (SSSR count). The van der Waals surface area contributed by atoms with Crippen LogP contribution in [0.3, 0.4) is 0 Å². The van der Waals surface area contributed by atoms with Crippen molar-refractivity contribution in [3.05, 3.63) is 24.0 Å². The minimum absolute atomic E-state index is 0.181. The van der Waals surface area contributed by atoms with Crippen LogP contribution in [-0.4, -0.2) is 32.4 Å². The maximum atomic E-state index is 11.2. The van der Waals surface area contributed by atoms with Crippen molar-refractivity contribution >= 4 is 33.4 Å². The quantitative estimate of drug-likeness (QED) is 0.731. The Hall–Kier alpha value is -1.07. The minimum Gasteiger partial charge on any atom is -0.492 e. The average molecular weight is 329 g/mol. The van der Waals surface area contributed by atoms with Gasteiger partial charge in [0.25, 0.3) is 0 Å². The van der Waals surface area contributed by atoms with Crippen LogP contribution >= 0.6 is 11.6 Å². The maximum absolute atomic E-state index is 11.2. The number of ether oxygens (including phenoxy) is 1. The standard InChI is InChI=1S/C15H21ClN2O2S/c1-4-20-13-8-5-7-12-14(13)17-15(11(2)16)18(12)9-6-10-21(3)19/h5,7-8,11H,4,6,9-10H2,1-3H3. The molecule has 4 nitrogen and oxygen atoms in total. The van der Waals surface area contributed by atoms with E-state index in [-0.39, 0.29) is 5.38 Å². The van der Waals surface area contributed by atoms with Gasteiger partial charge in [-0.2, -0.15) is 0 Å². The highest BCUT2D eigenvalue weighted by atomic mass is 35.5. The third-order valence-corrected chi connectivity index (χ3v) is 4.30. The molecule has 2 aromatic rings. The van der Waals surface area contributed by atoms with Crippen molar-refractivity contribution < 1.29 is 8.95 Å². The first-order chi connectivity index (χ1) is 10.0. The second-order valence-electron chi connectivity index (χ2n) is 4.93. The first-order valence-electron chi connectivity index (χ1n) is 7.10. The monoisotopic (exact) mass is 328 g/mol. The molecule has 0 N–H and O–H groups in total. The number of benzene rings is 1. The lowest BCUT2D eigenvalue weighted by Gasteiger charge is -2.10. The topological polar surface area (TPSA) is 44.1 Å². The number of hydrogen-bond donors (Lipinski definition) is 0. The number of hydrogen-bond acceptors (Lipinski definition) is 3. The van der Waals surface area contributed by atoms with Gasteiger partial charge in [-0.05, 0) is 32.4 Å². The van der Waals surface area contributed by atoms with Crippen molar-refractivity contribution in [2.24, 2.45) is 0 Å². The minimum atomic E-state index is -0.777. The third kappa shape index (κ3) is 3.77. The first kappa shape index (κ1) is 16.3. The number of alkyl halides is 1. The fraction of sp³-hybridized carbons (Fsp3) is 0.533. The van der Waals surface area contributed by atoms with Gasteiger partial charge in [0, 0.05) is 29.4 Å². The van der Waals surface area contributed by atoms with Crippen LogP contribution in [0.2, 0.25) is 0 Å². The summed E-state index contributed by atoms with van der Waals surface area (Å²) in [5.41, 5.74) is 1.87. The number of imidazole rings is 1. The molecule has 0 fully saturated rings. The van der Waals surface area contributed by atoms with Gasteiger partial charge in [-0.1, -0.05) is 6.07 Å². The molecule has 1 aromatic heterocycles. The second-order valence-corrected chi connectivity index (χ2v) is 7.13. The summed E-state index contributed by atoms with van der Waals surface area (Å²) < 4.78 is 19.0. The normalized spacial score (nSPS) is 14.3. The van der Waals surface area contributed by atoms with Crippen LogP contribution in [0, 0.1) is 0 Å². The number of rotatable bonds is 7. The smallest absolute Gasteiger partial charge is 0.147 e. The van der Waals surface area contributed by atoms with Crippen molar-refractivity contribution in [2.75, 3.05) is 18.6 Å². The van der Waals surface area contributed by atoms with Crippen molar-refractivity contribution in [3.63, 3.8) is 0 Å². The first-order valence-corrected chi connectivity index (χ1v) is 9.27. The largest absolute Gasteiger partial charge is 0.492 e. The summed E-state index contributed by atoms with van der Waals surface area (Å²) in [6, 6.07) is 5.91. The summed E-state index contributed by atoms with van der Waals surface area (Å²) in [4.78, 5) is 4.66. The van der Waals surface area contributed by atoms with Gasteiger partial charge in [-0.15, -0.1) is 11.6 Å². The van der Waals surface area contributed by atoms with E-state index in [1.165, 1.54) is 0 Å². The zero-order valence-corrected chi connectivity index (χ0v) is 14.2. The maximum Gasteiger partial charge on any atom is 0.147 e. The van der Waals surface area contributed by atoms with Crippen LogP contribution in [0.15, 0.2) is 18.2 Å². The van der Waals surface area contributed by atoms with Crippen molar-refractivity contribution in [2.45, 2.75) is 32.2 Å². The zero-order chi connectivity index (χ0) is 15.4. The molecule has 2 unspecified atom stereocenters. The predicted molar refractivity (Wildman–Crippen MR) is 88.7 cm³/mol. The Kier molecular flexibility index (Phi) is 5.65. The highest BCUT2D eigenvalue weighted by Crippen LogP contribution is 2.30. The molecule has 21 heavy (non-hydrogen) atoms. The third-order valence-electron chi connectivity index (χ3n) is 3.24. The molecular weight excluding hydrogens is 308 g/mol. The summed E-state index contributed by atoms with van der Waals surface area (Å²) in [6.07, 6.45) is 2.56. The predicted octanol–water partition coefficient (Wildman–Crippen LogP) is 3.50. The van der Waals surface area contributed by atoms with Crippen molar-refractivity contribution in [1.29, 1.82) is 0 Å².